The Morgan fingerprint density at radius 3 is 3.22 bits per heavy atom. The molecule has 1 fully saturated rings. The first-order valence-corrected chi connectivity index (χ1v) is 6.39. The Morgan fingerprint density at radius 1 is 1.78 bits per heavy atom. The first-order valence-electron chi connectivity index (χ1n) is 5.40. The monoisotopic (exact) mass is 265 g/mol. The van der Waals surface area contributed by atoms with Gasteiger partial charge in [-0.3, -0.25) is 14.5 Å². The number of hydrogen-bond donors (Lipinski definition) is 0. The number of anilines is 1. The SMILES string of the molecule is CC(=O)SCC1CC(=O)N(c2oncc2C#N)C1. The Morgan fingerprint density at radius 2 is 2.56 bits per heavy atom. The Hall–Kier alpha value is -1.81. The van der Waals surface area contributed by atoms with Crippen molar-refractivity contribution in [3.05, 3.63) is 11.8 Å². The van der Waals surface area contributed by atoms with Gasteiger partial charge in [0, 0.05) is 25.6 Å². The predicted octanol–water partition coefficient (Wildman–Crippen LogP) is 1.18. The summed E-state index contributed by atoms with van der Waals surface area (Å²) in [4.78, 5) is 24.1. The maximum absolute atomic E-state index is 11.8. The van der Waals surface area contributed by atoms with Gasteiger partial charge in [-0.2, -0.15) is 5.26 Å². The smallest absolute Gasteiger partial charge is 0.251 e. The fourth-order valence-electron chi connectivity index (χ4n) is 1.83. The van der Waals surface area contributed by atoms with Crippen LogP contribution in [0, 0.1) is 17.2 Å². The molecule has 0 spiro atoms. The molecule has 1 amide bonds. The Kier molecular flexibility index (Phi) is 3.67. The van der Waals surface area contributed by atoms with Gasteiger partial charge in [0.15, 0.2) is 5.12 Å². The van der Waals surface area contributed by atoms with Gasteiger partial charge in [0.05, 0.1) is 6.20 Å². The van der Waals surface area contributed by atoms with Crippen molar-refractivity contribution >= 4 is 28.7 Å². The van der Waals surface area contributed by atoms with Gasteiger partial charge >= 0.3 is 0 Å². The van der Waals surface area contributed by atoms with Gasteiger partial charge in [-0.15, -0.1) is 0 Å². The highest BCUT2D eigenvalue weighted by molar-refractivity contribution is 8.13. The van der Waals surface area contributed by atoms with Gasteiger partial charge < -0.3 is 4.52 Å². The molecule has 18 heavy (non-hydrogen) atoms. The van der Waals surface area contributed by atoms with E-state index in [0.29, 0.717) is 18.7 Å². The van der Waals surface area contributed by atoms with Crippen LogP contribution in [0.25, 0.3) is 0 Å². The molecule has 1 saturated heterocycles. The van der Waals surface area contributed by atoms with E-state index >= 15 is 0 Å². The Labute approximate surface area is 108 Å². The maximum atomic E-state index is 11.8. The van der Waals surface area contributed by atoms with Crippen molar-refractivity contribution in [2.24, 2.45) is 5.92 Å². The second-order valence-corrected chi connectivity index (χ2v) is 5.23. The molecule has 0 radical (unpaired) electrons. The normalized spacial score (nSPS) is 19.0. The molecule has 0 saturated carbocycles. The van der Waals surface area contributed by atoms with Crippen molar-refractivity contribution in [2.45, 2.75) is 13.3 Å². The number of amides is 1. The molecule has 1 aliphatic rings. The van der Waals surface area contributed by atoms with Crippen LogP contribution in [0.5, 0.6) is 0 Å². The van der Waals surface area contributed by atoms with Crippen molar-refractivity contribution in [1.29, 1.82) is 5.26 Å². The van der Waals surface area contributed by atoms with E-state index in [1.165, 1.54) is 29.8 Å². The molecule has 0 bridgehead atoms. The molecule has 0 N–H and O–H groups in total. The number of hydrogen-bond acceptors (Lipinski definition) is 6. The number of aromatic nitrogens is 1. The van der Waals surface area contributed by atoms with E-state index in [9.17, 15) is 9.59 Å². The number of nitriles is 1. The summed E-state index contributed by atoms with van der Waals surface area (Å²) in [5.41, 5.74) is 0.253. The van der Waals surface area contributed by atoms with Crippen LogP contribution in [0.1, 0.15) is 18.9 Å². The van der Waals surface area contributed by atoms with Gasteiger partial charge in [0.2, 0.25) is 5.91 Å². The standard InChI is InChI=1S/C11H11N3O3S/c1-7(15)18-6-8-2-10(16)14(5-8)11-9(3-12)4-13-17-11/h4,8H,2,5-6H2,1H3. The zero-order valence-corrected chi connectivity index (χ0v) is 10.6. The van der Waals surface area contributed by atoms with Crippen LogP contribution in [0.3, 0.4) is 0 Å². The lowest BCUT2D eigenvalue weighted by Crippen LogP contribution is -2.25. The average molecular weight is 265 g/mol. The third-order valence-electron chi connectivity index (χ3n) is 2.64. The molecule has 6 nitrogen and oxygen atoms in total. The topological polar surface area (TPSA) is 87.2 Å². The Bertz CT molecular complexity index is 520. The van der Waals surface area contributed by atoms with Gasteiger partial charge in [-0.05, 0) is 5.92 Å². The second kappa shape index (κ2) is 5.23. The quantitative estimate of drug-likeness (QED) is 0.815. The minimum Gasteiger partial charge on any atom is -0.337 e. The maximum Gasteiger partial charge on any atom is 0.251 e. The van der Waals surface area contributed by atoms with Crippen LogP contribution in [0.4, 0.5) is 5.88 Å². The number of nitrogens with zero attached hydrogens (tertiary/aromatic N) is 3. The molecule has 1 aliphatic heterocycles. The molecule has 1 aromatic rings. The number of carbonyl (C=O) groups excluding carboxylic acids is 2. The molecule has 0 aromatic carbocycles. The van der Waals surface area contributed by atoms with E-state index in [0.717, 1.165) is 0 Å². The van der Waals surface area contributed by atoms with Crippen molar-refractivity contribution in [3.63, 3.8) is 0 Å². The summed E-state index contributed by atoms with van der Waals surface area (Å²) in [5.74, 6) is 0.811. The van der Waals surface area contributed by atoms with E-state index in [1.807, 2.05) is 6.07 Å². The van der Waals surface area contributed by atoms with Crippen LogP contribution in [0.15, 0.2) is 10.7 Å². The fourth-order valence-corrected chi connectivity index (χ4v) is 2.52. The lowest BCUT2D eigenvalue weighted by atomic mass is 10.1. The highest BCUT2D eigenvalue weighted by Gasteiger charge is 2.34. The molecule has 0 aliphatic carbocycles. The first-order chi connectivity index (χ1) is 8.61. The third-order valence-corrected chi connectivity index (χ3v) is 3.69. The highest BCUT2D eigenvalue weighted by atomic mass is 32.2. The van der Waals surface area contributed by atoms with Crippen LogP contribution in [0.2, 0.25) is 0 Å². The van der Waals surface area contributed by atoms with Gasteiger partial charge in [0.25, 0.3) is 5.88 Å². The predicted molar refractivity (Wildman–Crippen MR) is 64.8 cm³/mol. The van der Waals surface area contributed by atoms with Crippen molar-refractivity contribution in [3.8, 4) is 6.07 Å². The van der Waals surface area contributed by atoms with Crippen LogP contribution >= 0.6 is 11.8 Å². The Balaban J connectivity index is 2.06. The van der Waals surface area contributed by atoms with E-state index < -0.39 is 0 Å². The molecule has 7 heteroatoms. The second-order valence-electron chi connectivity index (χ2n) is 4.03. The van der Waals surface area contributed by atoms with Gasteiger partial charge in [-0.1, -0.05) is 16.9 Å². The zero-order chi connectivity index (χ0) is 13.1. The number of thioether (sulfide) groups is 1. The molecular weight excluding hydrogens is 254 g/mol. The average Bonchev–Trinajstić information content (AvgIpc) is 2.91. The van der Waals surface area contributed by atoms with Crippen LogP contribution in [-0.2, 0) is 9.59 Å². The fraction of sp³-hybridized carbons (Fsp3) is 0.455. The van der Waals surface area contributed by atoms with Crippen LogP contribution < -0.4 is 4.90 Å². The van der Waals surface area contributed by atoms with E-state index in [4.69, 9.17) is 9.78 Å². The molecule has 1 aromatic heterocycles. The zero-order valence-electron chi connectivity index (χ0n) is 9.75. The molecule has 2 heterocycles. The number of carbonyl (C=O) groups is 2. The first kappa shape index (κ1) is 12.6. The van der Waals surface area contributed by atoms with Gasteiger partial charge in [-0.25, -0.2) is 0 Å². The summed E-state index contributed by atoms with van der Waals surface area (Å²) in [6, 6.07) is 1.93. The molecule has 94 valence electrons. The van der Waals surface area contributed by atoms with E-state index in [2.05, 4.69) is 5.16 Å². The van der Waals surface area contributed by atoms with Crippen molar-refractivity contribution in [1.82, 2.24) is 5.16 Å². The van der Waals surface area contributed by atoms with Crippen molar-refractivity contribution < 1.29 is 14.1 Å². The summed E-state index contributed by atoms with van der Waals surface area (Å²) >= 11 is 1.21. The molecule has 2 rings (SSSR count). The van der Waals surface area contributed by atoms with Gasteiger partial charge in [0.1, 0.15) is 11.6 Å². The van der Waals surface area contributed by atoms with Crippen molar-refractivity contribution in [2.75, 3.05) is 17.2 Å². The minimum absolute atomic E-state index is 0.0401. The highest BCUT2D eigenvalue weighted by Crippen LogP contribution is 2.29. The summed E-state index contributed by atoms with van der Waals surface area (Å²) in [6.07, 6.45) is 1.66. The molecular formula is C11H11N3O3S. The van der Waals surface area contributed by atoms with E-state index in [1.54, 1.807) is 0 Å². The molecule has 1 atom stereocenters. The van der Waals surface area contributed by atoms with E-state index in [-0.39, 0.29) is 28.4 Å². The molecule has 1 unspecified atom stereocenters. The minimum atomic E-state index is -0.0996. The lowest BCUT2D eigenvalue weighted by Gasteiger charge is -2.12. The van der Waals surface area contributed by atoms with Crippen LogP contribution in [-0.4, -0.2) is 28.5 Å². The lowest BCUT2D eigenvalue weighted by molar-refractivity contribution is -0.117. The third kappa shape index (κ3) is 2.54. The summed E-state index contributed by atoms with van der Waals surface area (Å²) in [7, 11) is 0. The summed E-state index contributed by atoms with van der Waals surface area (Å²) < 4.78 is 4.94. The number of rotatable bonds is 3. The summed E-state index contributed by atoms with van der Waals surface area (Å²) in [5, 5.41) is 12.4. The largest absolute Gasteiger partial charge is 0.337 e. The summed E-state index contributed by atoms with van der Waals surface area (Å²) in [6.45, 7) is 1.96.